The van der Waals surface area contributed by atoms with Crippen LogP contribution in [0.4, 0.5) is 13.2 Å². The lowest BCUT2D eigenvalue weighted by Crippen LogP contribution is -2.10. The summed E-state index contributed by atoms with van der Waals surface area (Å²) in [6.07, 6.45) is 0.511. The summed E-state index contributed by atoms with van der Waals surface area (Å²) in [5.41, 5.74) is 0.585. The summed E-state index contributed by atoms with van der Waals surface area (Å²) in [7, 11) is 1.75. The fourth-order valence-corrected chi connectivity index (χ4v) is 1.57. The van der Waals surface area contributed by atoms with E-state index in [1.54, 1.807) is 19.3 Å². The van der Waals surface area contributed by atoms with E-state index < -0.39 is 11.7 Å². The molecule has 2 aromatic rings. The van der Waals surface area contributed by atoms with Crippen molar-refractivity contribution in [3.8, 4) is 5.69 Å². The number of hydrogen-bond donors (Lipinski definition) is 1. The van der Waals surface area contributed by atoms with Crippen molar-refractivity contribution in [2.75, 3.05) is 7.05 Å². The van der Waals surface area contributed by atoms with Crippen LogP contribution in [0.2, 0.25) is 0 Å². The zero-order valence-electron chi connectivity index (χ0n) is 9.57. The molecule has 0 aliphatic heterocycles. The number of nitrogens with zero attached hydrogens (tertiary/aromatic N) is 3. The first kappa shape index (κ1) is 12.6. The minimum atomic E-state index is -4.38. The maximum atomic E-state index is 12.5. The minimum Gasteiger partial charge on any atom is -0.316 e. The third-order valence-electron chi connectivity index (χ3n) is 2.40. The Hall–Kier alpha value is -1.89. The van der Waals surface area contributed by atoms with Crippen LogP contribution >= 0.6 is 0 Å². The summed E-state index contributed by atoms with van der Waals surface area (Å²) >= 11 is 0. The number of rotatable bonds is 3. The first-order chi connectivity index (χ1) is 8.52. The predicted octanol–water partition coefficient (Wildman–Crippen LogP) is 2.01. The van der Waals surface area contributed by atoms with Crippen molar-refractivity contribution in [2.24, 2.45) is 0 Å². The van der Waals surface area contributed by atoms with E-state index in [0.29, 0.717) is 12.2 Å². The Labute approximate surface area is 101 Å². The van der Waals surface area contributed by atoms with E-state index in [1.807, 2.05) is 0 Å². The third-order valence-corrected chi connectivity index (χ3v) is 2.40. The Balaban J connectivity index is 2.40. The zero-order chi connectivity index (χ0) is 13.2. The summed E-state index contributed by atoms with van der Waals surface area (Å²) in [6.45, 7) is 0.504. The van der Waals surface area contributed by atoms with Crippen LogP contribution in [-0.4, -0.2) is 21.8 Å². The summed E-state index contributed by atoms with van der Waals surface area (Å²) in [5, 5.41) is 6.66. The van der Waals surface area contributed by atoms with Crippen LogP contribution in [-0.2, 0) is 12.7 Å². The molecular formula is C11H11F3N4. The number of pyridine rings is 1. The maximum Gasteiger partial charge on any atom is 0.419 e. The molecular weight excluding hydrogens is 245 g/mol. The van der Waals surface area contributed by atoms with E-state index in [9.17, 15) is 13.2 Å². The molecule has 18 heavy (non-hydrogen) atoms. The Morgan fingerprint density at radius 3 is 2.72 bits per heavy atom. The predicted molar refractivity (Wildman–Crippen MR) is 59.1 cm³/mol. The monoisotopic (exact) mass is 256 g/mol. The Morgan fingerprint density at radius 2 is 2.11 bits per heavy atom. The normalized spacial score (nSPS) is 11.8. The summed E-state index contributed by atoms with van der Waals surface area (Å²) in [5.74, 6) is 0. The molecule has 2 rings (SSSR count). The van der Waals surface area contributed by atoms with Crippen molar-refractivity contribution in [2.45, 2.75) is 12.7 Å². The molecule has 0 saturated carbocycles. The van der Waals surface area contributed by atoms with Crippen molar-refractivity contribution in [3.05, 3.63) is 42.0 Å². The van der Waals surface area contributed by atoms with Crippen LogP contribution < -0.4 is 5.32 Å². The van der Waals surface area contributed by atoms with Crippen LogP contribution in [0.1, 0.15) is 11.1 Å². The van der Waals surface area contributed by atoms with Gasteiger partial charge in [0.05, 0.1) is 17.4 Å². The van der Waals surface area contributed by atoms with Gasteiger partial charge in [-0.1, -0.05) is 0 Å². The van der Waals surface area contributed by atoms with Crippen molar-refractivity contribution in [1.29, 1.82) is 0 Å². The molecule has 0 fully saturated rings. The average molecular weight is 256 g/mol. The van der Waals surface area contributed by atoms with Gasteiger partial charge in [-0.3, -0.25) is 4.98 Å². The first-order valence-corrected chi connectivity index (χ1v) is 5.22. The van der Waals surface area contributed by atoms with Gasteiger partial charge in [0, 0.05) is 30.7 Å². The average Bonchev–Trinajstić information content (AvgIpc) is 2.79. The topological polar surface area (TPSA) is 42.7 Å². The van der Waals surface area contributed by atoms with Gasteiger partial charge in [-0.2, -0.15) is 18.3 Å². The molecule has 0 spiro atoms. The van der Waals surface area contributed by atoms with E-state index in [1.165, 1.54) is 10.9 Å². The summed E-state index contributed by atoms with van der Waals surface area (Å²) in [6, 6.07) is 1.62. The van der Waals surface area contributed by atoms with Gasteiger partial charge in [0.25, 0.3) is 0 Å². The quantitative estimate of drug-likeness (QED) is 0.913. The van der Waals surface area contributed by atoms with Gasteiger partial charge in [0.15, 0.2) is 0 Å². The van der Waals surface area contributed by atoms with E-state index in [4.69, 9.17) is 0 Å². The van der Waals surface area contributed by atoms with E-state index in [0.717, 1.165) is 18.0 Å². The minimum absolute atomic E-state index is 0.504. The van der Waals surface area contributed by atoms with Gasteiger partial charge in [-0.15, -0.1) is 0 Å². The molecule has 0 radical (unpaired) electrons. The fraction of sp³-hybridized carbons (Fsp3) is 0.273. The van der Waals surface area contributed by atoms with Crippen LogP contribution in [0.5, 0.6) is 0 Å². The smallest absolute Gasteiger partial charge is 0.316 e. The molecule has 0 saturated heterocycles. The van der Waals surface area contributed by atoms with Crippen LogP contribution in [0.3, 0.4) is 0 Å². The Morgan fingerprint density at radius 1 is 1.33 bits per heavy atom. The molecule has 2 heterocycles. The third kappa shape index (κ3) is 2.51. The van der Waals surface area contributed by atoms with Crippen molar-refractivity contribution in [3.63, 3.8) is 0 Å². The fourth-order valence-electron chi connectivity index (χ4n) is 1.57. The second kappa shape index (κ2) is 4.77. The second-order valence-electron chi connectivity index (χ2n) is 3.71. The van der Waals surface area contributed by atoms with E-state index in [-0.39, 0.29) is 0 Å². The van der Waals surface area contributed by atoms with E-state index in [2.05, 4.69) is 15.4 Å². The highest BCUT2D eigenvalue weighted by Gasteiger charge is 2.32. The van der Waals surface area contributed by atoms with Gasteiger partial charge in [0.2, 0.25) is 0 Å². The molecule has 4 nitrogen and oxygen atoms in total. The number of hydrogen-bond acceptors (Lipinski definition) is 3. The lowest BCUT2D eigenvalue weighted by atomic mass is 10.2. The molecule has 0 atom stereocenters. The molecule has 7 heteroatoms. The van der Waals surface area contributed by atoms with E-state index >= 15 is 0 Å². The van der Waals surface area contributed by atoms with Crippen molar-refractivity contribution >= 4 is 0 Å². The Kier molecular flexibility index (Phi) is 3.33. The molecule has 0 aromatic carbocycles. The molecule has 2 aromatic heterocycles. The largest absolute Gasteiger partial charge is 0.419 e. The van der Waals surface area contributed by atoms with Gasteiger partial charge in [-0.05, 0) is 13.1 Å². The van der Waals surface area contributed by atoms with Crippen LogP contribution in [0.25, 0.3) is 5.69 Å². The van der Waals surface area contributed by atoms with Gasteiger partial charge < -0.3 is 5.32 Å². The number of halogens is 3. The van der Waals surface area contributed by atoms with Crippen LogP contribution in [0, 0.1) is 0 Å². The number of aromatic nitrogens is 3. The maximum absolute atomic E-state index is 12.5. The summed E-state index contributed by atoms with van der Waals surface area (Å²) in [4.78, 5) is 3.94. The molecule has 0 aliphatic carbocycles. The molecule has 0 unspecified atom stereocenters. The molecule has 0 bridgehead atoms. The SMILES string of the molecule is CNCc1cnccc1-n1cc(C(F)(F)F)cn1. The van der Waals surface area contributed by atoms with Crippen molar-refractivity contribution < 1.29 is 13.2 Å². The highest BCUT2D eigenvalue weighted by Crippen LogP contribution is 2.29. The number of nitrogens with one attached hydrogen (secondary N) is 1. The summed E-state index contributed by atoms with van der Waals surface area (Å²) < 4.78 is 38.7. The van der Waals surface area contributed by atoms with Crippen LogP contribution in [0.15, 0.2) is 30.9 Å². The van der Waals surface area contributed by atoms with Gasteiger partial charge in [0.1, 0.15) is 0 Å². The zero-order valence-corrected chi connectivity index (χ0v) is 9.57. The Bertz CT molecular complexity index is 533. The van der Waals surface area contributed by atoms with Crippen molar-refractivity contribution in [1.82, 2.24) is 20.1 Å². The molecule has 0 amide bonds. The molecule has 1 N–H and O–H groups in total. The highest BCUT2D eigenvalue weighted by atomic mass is 19.4. The second-order valence-corrected chi connectivity index (χ2v) is 3.71. The lowest BCUT2D eigenvalue weighted by molar-refractivity contribution is -0.137. The first-order valence-electron chi connectivity index (χ1n) is 5.22. The molecule has 96 valence electrons. The van der Waals surface area contributed by atoms with Gasteiger partial charge >= 0.3 is 6.18 Å². The number of alkyl halides is 3. The standard InChI is InChI=1S/C11H11F3N4/c1-15-4-8-5-16-3-2-10(8)18-7-9(6-17-18)11(12,13)14/h2-3,5-7,15H,4H2,1H3. The molecule has 0 aliphatic rings. The van der Waals surface area contributed by atoms with Gasteiger partial charge in [-0.25, -0.2) is 4.68 Å². The lowest BCUT2D eigenvalue weighted by Gasteiger charge is -2.08. The highest BCUT2D eigenvalue weighted by molar-refractivity contribution is 5.38.